The Morgan fingerprint density at radius 1 is 1.00 bits per heavy atom. The van der Waals surface area contributed by atoms with E-state index < -0.39 is 0 Å². The minimum Gasteiger partial charge on any atom is -0.494 e. The fourth-order valence-electron chi connectivity index (χ4n) is 3.64. The van der Waals surface area contributed by atoms with Crippen molar-refractivity contribution in [2.45, 2.75) is 19.8 Å². The van der Waals surface area contributed by atoms with Crippen LogP contribution in [0, 0.1) is 5.92 Å². The van der Waals surface area contributed by atoms with Gasteiger partial charge in [0.05, 0.1) is 6.61 Å². The molecule has 4 rings (SSSR count). The van der Waals surface area contributed by atoms with Crippen LogP contribution in [0.15, 0.2) is 42.5 Å². The van der Waals surface area contributed by atoms with Crippen LogP contribution in [0.25, 0.3) is 0 Å². The molecule has 2 heterocycles. The first-order valence-electron chi connectivity index (χ1n) is 10.5. The number of ether oxygens (including phenoxy) is 4. The zero-order valence-electron chi connectivity index (χ0n) is 17.5. The average molecular weight is 426 g/mol. The molecule has 0 spiro atoms. The molecule has 0 bridgehead atoms. The summed E-state index contributed by atoms with van der Waals surface area (Å²) >= 11 is 0. The molecule has 2 aromatic carbocycles. The van der Waals surface area contributed by atoms with Crippen LogP contribution in [0.2, 0.25) is 0 Å². The van der Waals surface area contributed by atoms with Crippen molar-refractivity contribution in [3.63, 3.8) is 0 Å². The van der Waals surface area contributed by atoms with Crippen LogP contribution in [-0.2, 0) is 9.59 Å². The summed E-state index contributed by atoms with van der Waals surface area (Å²) in [5.74, 6) is 2.43. The van der Waals surface area contributed by atoms with Gasteiger partial charge in [0.25, 0.3) is 5.91 Å². The Balaban J connectivity index is 1.21. The number of fused-ring (bicyclic) bond motifs is 1. The van der Waals surface area contributed by atoms with Gasteiger partial charge in [-0.05, 0) is 56.2 Å². The number of benzene rings is 2. The van der Waals surface area contributed by atoms with Crippen molar-refractivity contribution in [2.75, 3.05) is 38.4 Å². The Labute approximate surface area is 181 Å². The van der Waals surface area contributed by atoms with Crippen molar-refractivity contribution in [3.8, 4) is 23.0 Å². The number of anilines is 1. The lowest BCUT2D eigenvalue weighted by Crippen LogP contribution is -2.43. The summed E-state index contributed by atoms with van der Waals surface area (Å²) in [7, 11) is 0. The van der Waals surface area contributed by atoms with Crippen molar-refractivity contribution in [1.82, 2.24) is 4.90 Å². The number of hydrogen-bond acceptors (Lipinski definition) is 6. The van der Waals surface area contributed by atoms with Crippen molar-refractivity contribution >= 4 is 17.5 Å². The number of hydrogen-bond donors (Lipinski definition) is 1. The summed E-state index contributed by atoms with van der Waals surface area (Å²) in [6, 6.07) is 12.5. The molecular weight excluding hydrogens is 400 g/mol. The van der Waals surface area contributed by atoms with Gasteiger partial charge in [-0.3, -0.25) is 9.59 Å². The van der Waals surface area contributed by atoms with E-state index in [0.717, 1.165) is 5.75 Å². The molecule has 2 aromatic rings. The second-order valence-electron chi connectivity index (χ2n) is 7.41. The number of carbonyl (C=O) groups is 2. The Bertz CT molecular complexity index is 922. The molecule has 0 aliphatic carbocycles. The van der Waals surface area contributed by atoms with Crippen LogP contribution in [0.1, 0.15) is 19.8 Å². The first-order valence-corrected chi connectivity index (χ1v) is 10.5. The Hall–Kier alpha value is -3.42. The lowest BCUT2D eigenvalue weighted by atomic mass is 9.95. The maximum Gasteiger partial charge on any atom is 0.260 e. The molecule has 2 amide bonds. The molecular formula is C23H26N2O6. The zero-order chi connectivity index (χ0) is 21.6. The highest BCUT2D eigenvalue weighted by atomic mass is 16.7. The number of amides is 2. The minimum absolute atomic E-state index is 0.0258. The molecule has 0 saturated carbocycles. The van der Waals surface area contributed by atoms with Gasteiger partial charge in [0.15, 0.2) is 18.1 Å². The van der Waals surface area contributed by atoms with Gasteiger partial charge in [-0.25, -0.2) is 0 Å². The van der Waals surface area contributed by atoms with E-state index in [4.69, 9.17) is 18.9 Å². The van der Waals surface area contributed by atoms with Gasteiger partial charge in [-0.15, -0.1) is 0 Å². The van der Waals surface area contributed by atoms with Gasteiger partial charge in [-0.2, -0.15) is 0 Å². The third-order valence-corrected chi connectivity index (χ3v) is 5.36. The molecule has 1 N–H and O–H groups in total. The number of nitrogens with one attached hydrogen (secondary N) is 1. The van der Waals surface area contributed by atoms with E-state index in [1.165, 1.54) is 0 Å². The highest BCUT2D eigenvalue weighted by Gasteiger charge is 2.28. The quantitative estimate of drug-likeness (QED) is 0.732. The minimum atomic E-state index is -0.137. The molecule has 1 saturated heterocycles. The second kappa shape index (κ2) is 9.59. The van der Waals surface area contributed by atoms with Crippen LogP contribution < -0.4 is 24.3 Å². The molecule has 0 atom stereocenters. The molecule has 2 aliphatic rings. The van der Waals surface area contributed by atoms with E-state index in [1.807, 2.05) is 19.1 Å². The average Bonchev–Trinajstić information content (AvgIpc) is 3.26. The molecule has 8 nitrogen and oxygen atoms in total. The summed E-state index contributed by atoms with van der Waals surface area (Å²) < 4.78 is 21.6. The van der Waals surface area contributed by atoms with Gasteiger partial charge >= 0.3 is 0 Å². The third-order valence-electron chi connectivity index (χ3n) is 5.36. The number of piperidine rings is 1. The second-order valence-corrected chi connectivity index (χ2v) is 7.41. The first-order chi connectivity index (χ1) is 15.1. The van der Waals surface area contributed by atoms with Crippen LogP contribution >= 0.6 is 0 Å². The monoisotopic (exact) mass is 426 g/mol. The Morgan fingerprint density at radius 2 is 1.68 bits per heavy atom. The van der Waals surface area contributed by atoms with Crippen molar-refractivity contribution in [1.29, 1.82) is 0 Å². The fourth-order valence-corrected chi connectivity index (χ4v) is 3.64. The normalized spacial score (nSPS) is 15.5. The van der Waals surface area contributed by atoms with E-state index in [9.17, 15) is 9.59 Å². The van der Waals surface area contributed by atoms with Gasteiger partial charge in [0.2, 0.25) is 12.7 Å². The van der Waals surface area contributed by atoms with E-state index >= 15 is 0 Å². The lowest BCUT2D eigenvalue weighted by molar-refractivity contribution is -0.136. The fraction of sp³-hybridized carbons (Fsp3) is 0.391. The Morgan fingerprint density at radius 3 is 2.39 bits per heavy atom. The summed E-state index contributed by atoms with van der Waals surface area (Å²) in [6.45, 7) is 3.76. The molecule has 1 fully saturated rings. The summed E-state index contributed by atoms with van der Waals surface area (Å²) in [6.07, 6.45) is 1.23. The van der Waals surface area contributed by atoms with Crippen LogP contribution in [0.4, 0.5) is 5.69 Å². The highest BCUT2D eigenvalue weighted by molar-refractivity contribution is 5.93. The zero-order valence-corrected chi connectivity index (χ0v) is 17.5. The van der Waals surface area contributed by atoms with E-state index in [-0.39, 0.29) is 31.1 Å². The molecule has 8 heteroatoms. The maximum absolute atomic E-state index is 12.6. The van der Waals surface area contributed by atoms with Crippen molar-refractivity contribution in [3.05, 3.63) is 42.5 Å². The number of rotatable bonds is 7. The number of likely N-dealkylation sites (tertiary alicyclic amines) is 1. The smallest absolute Gasteiger partial charge is 0.260 e. The van der Waals surface area contributed by atoms with E-state index in [0.29, 0.717) is 55.5 Å². The van der Waals surface area contributed by atoms with Crippen LogP contribution in [-0.4, -0.2) is 49.8 Å². The van der Waals surface area contributed by atoms with Gasteiger partial charge in [0.1, 0.15) is 11.5 Å². The third kappa shape index (κ3) is 5.20. The maximum atomic E-state index is 12.6. The Kier molecular flexibility index (Phi) is 6.45. The molecule has 31 heavy (non-hydrogen) atoms. The topological polar surface area (TPSA) is 86.3 Å². The number of carbonyl (C=O) groups excluding carboxylic acids is 2. The first kappa shape index (κ1) is 20.8. The standard InChI is InChI=1S/C23H26N2O6/c1-2-28-18-4-6-19(7-5-18)29-14-22(26)25-11-9-16(10-12-25)23(27)24-17-3-8-20-21(13-17)31-15-30-20/h3-8,13,16H,2,9-12,14-15H2,1H3,(H,24,27). The van der Waals surface area contributed by atoms with Crippen molar-refractivity contribution < 1.29 is 28.5 Å². The molecule has 0 aromatic heterocycles. The molecule has 0 unspecified atom stereocenters. The van der Waals surface area contributed by atoms with Gasteiger partial charge in [-0.1, -0.05) is 0 Å². The molecule has 2 aliphatic heterocycles. The van der Waals surface area contributed by atoms with Gasteiger partial charge < -0.3 is 29.2 Å². The van der Waals surface area contributed by atoms with Gasteiger partial charge in [0, 0.05) is 30.8 Å². The van der Waals surface area contributed by atoms with Crippen molar-refractivity contribution in [2.24, 2.45) is 5.92 Å². The summed E-state index contributed by atoms with van der Waals surface area (Å²) in [5.41, 5.74) is 0.677. The van der Waals surface area contributed by atoms with E-state index in [2.05, 4.69) is 5.32 Å². The number of nitrogens with zero attached hydrogens (tertiary/aromatic N) is 1. The van der Waals surface area contributed by atoms with Crippen LogP contribution in [0.3, 0.4) is 0 Å². The summed E-state index contributed by atoms with van der Waals surface area (Å²) in [4.78, 5) is 26.8. The predicted octanol–water partition coefficient (Wildman–Crippen LogP) is 3.07. The lowest BCUT2D eigenvalue weighted by Gasteiger charge is -2.31. The SMILES string of the molecule is CCOc1ccc(OCC(=O)N2CCC(C(=O)Nc3ccc4c(c3)OCO4)CC2)cc1. The highest BCUT2D eigenvalue weighted by Crippen LogP contribution is 2.34. The summed E-state index contributed by atoms with van der Waals surface area (Å²) in [5, 5.41) is 2.93. The molecule has 0 radical (unpaired) electrons. The van der Waals surface area contributed by atoms with E-state index in [1.54, 1.807) is 35.2 Å². The molecule has 164 valence electrons. The predicted molar refractivity (Wildman–Crippen MR) is 114 cm³/mol. The van der Waals surface area contributed by atoms with Crippen LogP contribution in [0.5, 0.6) is 23.0 Å². The largest absolute Gasteiger partial charge is 0.494 e.